The molecule has 0 spiro atoms. The molecule has 0 unspecified atom stereocenters. The standard InChI is InChI=1S/C58H37BN4/c1-4-19-41(20-5-1)60-48-27-12-10-25-45(48)59-46-26-11-13-28-49(46)61(42-21-6-2-7-22-42)58-56(59)52(60)37-53-57(58)62(43-23-8-3-9-24-43)50-29-14-15-30-51(50)63(53)47-36-34-40-32-31-38-17-16-18-39-33-35-44(47)55(40)54(38)39/h1-37H. The minimum absolute atomic E-state index is 0.0228. The largest absolute Gasteiger partial charge is 0.311 e. The topological polar surface area (TPSA) is 13.0 Å². The smallest absolute Gasteiger partial charge is 0.252 e. The van der Waals surface area contributed by atoms with Crippen LogP contribution >= 0.6 is 0 Å². The lowest BCUT2D eigenvalue weighted by molar-refractivity contribution is 1.15. The molecule has 4 nitrogen and oxygen atoms in total. The van der Waals surface area contributed by atoms with Crippen LogP contribution in [0.2, 0.25) is 0 Å². The first-order chi connectivity index (χ1) is 31.3. The van der Waals surface area contributed by atoms with Crippen LogP contribution in [0.25, 0.3) is 32.3 Å². The summed E-state index contributed by atoms with van der Waals surface area (Å²) in [6.45, 7) is -0.0228. The summed E-state index contributed by atoms with van der Waals surface area (Å²) in [5.74, 6) is 0. The Morgan fingerprint density at radius 3 is 1.35 bits per heavy atom. The van der Waals surface area contributed by atoms with Gasteiger partial charge in [-0.1, -0.05) is 152 Å². The number of fused-ring (bicyclic) bond motifs is 7. The van der Waals surface area contributed by atoms with Gasteiger partial charge < -0.3 is 19.6 Å². The van der Waals surface area contributed by atoms with E-state index in [1.807, 2.05) is 0 Å². The Labute approximate surface area is 366 Å². The number of hydrogen-bond acceptors (Lipinski definition) is 4. The van der Waals surface area contributed by atoms with Crippen LogP contribution in [0.15, 0.2) is 224 Å². The van der Waals surface area contributed by atoms with Crippen LogP contribution in [0.3, 0.4) is 0 Å². The molecule has 0 aliphatic carbocycles. The van der Waals surface area contributed by atoms with Crippen molar-refractivity contribution in [3.05, 3.63) is 224 Å². The second-order valence-corrected chi connectivity index (χ2v) is 16.9. The fraction of sp³-hybridized carbons (Fsp3) is 0. The van der Waals surface area contributed by atoms with E-state index in [2.05, 4.69) is 244 Å². The SMILES string of the molecule is c1ccc(N2c3ccccc3B3c4ccccc4N(c4ccccc4)c4c3c2cc2c4N(c3ccccc3)c3ccccc3N2c2ccc3ccc4cccc5ccc2c3c45)cc1. The zero-order valence-corrected chi connectivity index (χ0v) is 34.2. The average molecular weight is 801 g/mol. The molecule has 0 aromatic heterocycles. The van der Waals surface area contributed by atoms with Gasteiger partial charge in [-0.15, -0.1) is 0 Å². The predicted molar refractivity (Wildman–Crippen MR) is 267 cm³/mol. The minimum Gasteiger partial charge on any atom is -0.311 e. The number of hydrogen-bond donors (Lipinski definition) is 0. The van der Waals surface area contributed by atoms with Crippen LogP contribution < -0.4 is 36.0 Å². The molecule has 0 bridgehead atoms. The van der Waals surface area contributed by atoms with Crippen molar-refractivity contribution >= 4 is 124 Å². The van der Waals surface area contributed by atoms with Gasteiger partial charge in [0.25, 0.3) is 6.71 Å². The second-order valence-electron chi connectivity index (χ2n) is 16.9. The summed E-state index contributed by atoms with van der Waals surface area (Å²) in [4.78, 5) is 10.2. The highest BCUT2D eigenvalue weighted by molar-refractivity contribution is 7.00. The molecule has 3 heterocycles. The quantitative estimate of drug-likeness (QED) is 0.130. The van der Waals surface area contributed by atoms with Crippen molar-refractivity contribution < 1.29 is 0 Å². The first-order valence-electron chi connectivity index (χ1n) is 21.8. The molecule has 3 aliphatic heterocycles. The number of para-hydroxylation sites is 7. The Hall–Kier alpha value is -8.28. The molecule has 11 aromatic carbocycles. The van der Waals surface area contributed by atoms with E-state index in [9.17, 15) is 0 Å². The van der Waals surface area contributed by atoms with Crippen LogP contribution in [0.4, 0.5) is 68.2 Å². The van der Waals surface area contributed by atoms with Gasteiger partial charge in [-0.05, 0) is 116 Å². The number of anilines is 12. The Balaban J connectivity index is 1.19. The third-order valence-electron chi connectivity index (χ3n) is 13.6. The van der Waals surface area contributed by atoms with E-state index in [-0.39, 0.29) is 6.71 Å². The van der Waals surface area contributed by atoms with Crippen molar-refractivity contribution in [1.82, 2.24) is 0 Å². The van der Waals surface area contributed by atoms with Gasteiger partial charge in [-0.3, -0.25) is 0 Å². The molecule has 0 amide bonds. The third-order valence-corrected chi connectivity index (χ3v) is 13.6. The zero-order valence-electron chi connectivity index (χ0n) is 34.2. The average Bonchev–Trinajstić information content (AvgIpc) is 3.35. The van der Waals surface area contributed by atoms with E-state index in [1.165, 1.54) is 71.5 Å². The Morgan fingerprint density at radius 1 is 0.270 bits per heavy atom. The number of rotatable bonds is 4. The molecule has 0 atom stereocenters. The molecule has 0 N–H and O–H groups in total. The molecule has 5 heteroatoms. The van der Waals surface area contributed by atoms with Gasteiger partial charge in [0, 0.05) is 39.5 Å². The lowest BCUT2D eigenvalue weighted by atomic mass is 9.33. The minimum atomic E-state index is -0.0228. The van der Waals surface area contributed by atoms with Crippen LogP contribution in [0.5, 0.6) is 0 Å². The summed E-state index contributed by atoms with van der Waals surface area (Å²) in [7, 11) is 0. The van der Waals surface area contributed by atoms with Gasteiger partial charge in [0.1, 0.15) is 0 Å². The summed E-state index contributed by atoms with van der Waals surface area (Å²) in [5, 5.41) is 7.61. The van der Waals surface area contributed by atoms with E-state index in [1.54, 1.807) is 0 Å². The Bertz CT molecular complexity index is 3580. The molecule has 0 saturated carbocycles. The maximum absolute atomic E-state index is 2.56. The van der Waals surface area contributed by atoms with E-state index >= 15 is 0 Å². The third kappa shape index (κ3) is 4.76. The molecule has 292 valence electrons. The van der Waals surface area contributed by atoms with Gasteiger partial charge in [-0.2, -0.15) is 0 Å². The van der Waals surface area contributed by atoms with Gasteiger partial charge in [0.2, 0.25) is 0 Å². The van der Waals surface area contributed by atoms with E-state index in [0.717, 1.165) is 45.5 Å². The van der Waals surface area contributed by atoms with Crippen LogP contribution in [-0.4, -0.2) is 6.71 Å². The lowest BCUT2D eigenvalue weighted by Crippen LogP contribution is -2.61. The molecule has 63 heavy (non-hydrogen) atoms. The van der Waals surface area contributed by atoms with Crippen molar-refractivity contribution in [2.24, 2.45) is 0 Å². The van der Waals surface area contributed by atoms with Crippen molar-refractivity contribution in [2.75, 3.05) is 19.6 Å². The monoisotopic (exact) mass is 800 g/mol. The molecular formula is C58H37BN4. The van der Waals surface area contributed by atoms with Gasteiger partial charge in [0.15, 0.2) is 0 Å². The molecule has 14 rings (SSSR count). The van der Waals surface area contributed by atoms with Crippen molar-refractivity contribution in [2.45, 2.75) is 0 Å². The van der Waals surface area contributed by atoms with Crippen LogP contribution in [0, 0.1) is 0 Å². The van der Waals surface area contributed by atoms with Gasteiger partial charge in [-0.25, -0.2) is 0 Å². The van der Waals surface area contributed by atoms with Crippen molar-refractivity contribution in [3.63, 3.8) is 0 Å². The second kappa shape index (κ2) is 13.1. The number of benzene rings is 11. The van der Waals surface area contributed by atoms with Crippen molar-refractivity contribution in [1.29, 1.82) is 0 Å². The van der Waals surface area contributed by atoms with Gasteiger partial charge in [0.05, 0.1) is 34.1 Å². The molecule has 3 aliphatic rings. The first-order valence-corrected chi connectivity index (χ1v) is 21.8. The summed E-state index contributed by atoms with van der Waals surface area (Å²) >= 11 is 0. The van der Waals surface area contributed by atoms with E-state index in [4.69, 9.17) is 0 Å². The van der Waals surface area contributed by atoms with Crippen LogP contribution in [-0.2, 0) is 0 Å². The molecule has 11 aromatic rings. The first kappa shape index (κ1) is 34.4. The lowest BCUT2D eigenvalue weighted by Gasteiger charge is -2.49. The molecule has 0 fully saturated rings. The molecular weight excluding hydrogens is 763 g/mol. The van der Waals surface area contributed by atoms with E-state index in [0.29, 0.717) is 0 Å². The highest BCUT2D eigenvalue weighted by atomic mass is 15.3. The molecule has 0 saturated heterocycles. The fourth-order valence-corrected chi connectivity index (χ4v) is 11.1. The summed E-state index contributed by atoms with van der Waals surface area (Å²) < 4.78 is 0. The fourth-order valence-electron chi connectivity index (χ4n) is 11.1. The normalized spacial score (nSPS) is 13.6. The zero-order chi connectivity index (χ0) is 41.2. The summed E-state index contributed by atoms with van der Waals surface area (Å²) in [5.41, 5.74) is 17.6. The molecule has 0 radical (unpaired) electrons. The predicted octanol–water partition coefficient (Wildman–Crippen LogP) is 13.9. The van der Waals surface area contributed by atoms with Crippen LogP contribution in [0.1, 0.15) is 0 Å². The maximum atomic E-state index is 2.56. The van der Waals surface area contributed by atoms with Gasteiger partial charge >= 0.3 is 0 Å². The Morgan fingerprint density at radius 2 is 0.730 bits per heavy atom. The maximum Gasteiger partial charge on any atom is 0.252 e. The summed E-state index contributed by atoms with van der Waals surface area (Å²) in [6.07, 6.45) is 0. The highest BCUT2D eigenvalue weighted by Crippen LogP contribution is 2.61. The summed E-state index contributed by atoms with van der Waals surface area (Å²) in [6, 6.07) is 83.0. The number of nitrogens with zero attached hydrogens (tertiary/aromatic N) is 4. The van der Waals surface area contributed by atoms with E-state index < -0.39 is 0 Å². The van der Waals surface area contributed by atoms with Crippen molar-refractivity contribution in [3.8, 4) is 0 Å². The highest BCUT2D eigenvalue weighted by Gasteiger charge is 2.47. The Kier molecular flexibility index (Phi) is 7.17.